The maximum atomic E-state index is 3.58. The normalized spacial score (nSPS) is 31.1. The highest BCUT2D eigenvalue weighted by atomic mass is 15.3. The maximum absolute atomic E-state index is 3.58. The van der Waals surface area contributed by atoms with Crippen molar-refractivity contribution >= 4 is 0 Å². The van der Waals surface area contributed by atoms with Gasteiger partial charge in [0.25, 0.3) is 0 Å². The van der Waals surface area contributed by atoms with E-state index >= 15 is 0 Å². The van der Waals surface area contributed by atoms with Crippen molar-refractivity contribution in [2.75, 3.05) is 39.8 Å². The third-order valence-electron chi connectivity index (χ3n) is 4.03. The Balaban J connectivity index is 1.81. The highest BCUT2D eigenvalue weighted by molar-refractivity contribution is 5.20. The van der Waals surface area contributed by atoms with Crippen LogP contribution in [0.4, 0.5) is 0 Å². The fourth-order valence-corrected chi connectivity index (χ4v) is 3.11. The predicted molar refractivity (Wildman–Crippen MR) is 70.0 cm³/mol. The molecule has 2 saturated heterocycles. The van der Waals surface area contributed by atoms with Crippen LogP contribution >= 0.6 is 0 Å². The van der Waals surface area contributed by atoms with Crippen molar-refractivity contribution in [3.63, 3.8) is 0 Å². The molecule has 0 aromatic heterocycles. The molecule has 2 heterocycles. The first kappa shape index (κ1) is 11.2. The molecule has 0 saturated carbocycles. The first-order valence-electron chi connectivity index (χ1n) is 6.54. The van der Waals surface area contributed by atoms with Gasteiger partial charge in [-0.1, -0.05) is 30.3 Å². The minimum absolute atomic E-state index is 0.559. The molecule has 1 aromatic rings. The van der Waals surface area contributed by atoms with Gasteiger partial charge in [-0.3, -0.25) is 4.90 Å². The summed E-state index contributed by atoms with van der Waals surface area (Å²) < 4.78 is 0. The lowest BCUT2D eigenvalue weighted by Gasteiger charge is -2.48. The zero-order valence-electron chi connectivity index (χ0n) is 10.5. The van der Waals surface area contributed by atoms with Gasteiger partial charge in [0.05, 0.1) is 0 Å². The first-order chi connectivity index (χ1) is 8.34. The molecule has 2 atom stereocenters. The van der Waals surface area contributed by atoms with Crippen LogP contribution in [0.5, 0.6) is 0 Å². The van der Waals surface area contributed by atoms with Gasteiger partial charge in [-0.05, 0) is 12.6 Å². The Morgan fingerprint density at radius 2 is 1.94 bits per heavy atom. The van der Waals surface area contributed by atoms with Gasteiger partial charge in [-0.15, -0.1) is 0 Å². The summed E-state index contributed by atoms with van der Waals surface area (Å²) in [5.74, 6) is 0. The minimum atomic E-state index is 0.559. The van der Waals surface area contributed by atoms with Crippen molar-refractivity contribution in [1.82, 2.24) is 15.1 Å². The minimum Gasteiger partial charge on any atom is -0.313 e. The Hall–Kier alpha value is -0.900. The lowest BCUT2D eigenvalue weighted by atomic mass is 9.98. The summed E-state index contributed by atoms with van der Waals surface area (Å²) in [6.45, 7) is 5.80. The molecule has 92 valence electrons. The Kier molecular flexibility index (Phi) is 3.14. The molecular formula is C14H21N3. The number of rotatable bonds is 1. The summed E-state index contributed by atoms with van der Waals surface area (Å²) >= 11 is 0. The van der Waals surface area contributed by atoms with Gasteiger partial charge in [0.1, 0.15) is 0 Å². The van der Waals surface area contributed by atoms with Gasteiger partial charge in [-0.25, -0.2) is 0 Å². The molecule has 2 aliphatic heterocycles. The number of nitrogens with zero attached hydrogens (tertiary/aromatic N) is 2. The van der Waals surface area contributed by atoms with Gasteiger partial charge in [0.2, 0.25) is 0 Å². The molecule has 0 aliphatic carbocycles. The summed E-state index contributed by atoms with van der Waals surface area (Å²) in [5.41, 5.74) is 1.45. The molecule has 3 nitrogen and oxygen atoms in total. The van der Waals surface area contributed by atoms with Crippen LogP contribution in [0.25, 0.3) is 0 Å². The molecule has 2 unspecified atom stereocenters. The highest BCUT2D eigenvalue weighted by Gasteiger charge is 2.34. The fraction of sp³-hybridized carbons (Fsp3) is 0.571. The van der Waals surface area contributed by atoms with Crippen molar-refractivity contribution < 1.29 is 0 Å². The van der Waals surface area contributed by atoms with E-state index in [1.165, 1.54) is 25.2 Å². The van der Waals surface area contributed by atoms with Crippen LogP contribution in [0.15, 0.2) is 30.3 Å². The van der Waals surface area contributed by atoms with Crippen LogP contribution in [0.3, 0.4) is 0 Å². The number of fused-ring (bicyclic) bond motifs is 1. The standard InChI is InChI=1S/C14H21N3/c1-16-7-8-17-13(11-16)9-15-10-14(17)12-5-3-2-4-6-12/h2-6,13-15H,7-11H2,1H3. The molecule has 1 aromatic carbocycles. The summed E-state index contributed by atoms with van der Waals surface area (Å²) in [4.78, 5) is 5.13. The molecule has 0 spiro atoms. The topological polar surface area (TPSA) is 18.5 Å². The molecule has 0 amide bonds. The third-order valence-corrected chi connectivity index (χ3v) is 4.03. The van der Waals surface area contributed by atoms with Crippen LogP contribution in [-0.2, 0) is 0 Å². The van der Waals surface area contributed by atoms with E-state index in [0.29, 0.717) is 12.1 Å². The first-order valence-corrected chi connectivity index (χ1v) is 6.54. The number of nitrogens with one attached hydrogen (secondary N) is 1. The second-order valence-corrected chi connectivity index (χ2v) is 5.24. The monoisotopic (exact) mass is 231 g/mol. The average Bonchev–Trinajstić information content (AvgIpc) is 2.39. The van der Waals surface area contributed by atoms with E-state index in [2.05, 4.69) is 52.5 Å². The predicted octanol–water partition coefficient (Wildman–Crippen LogP) is 0.947. The lowest BCUT2D eigenvalue weighted by Crippen LogP contribution is -2.61. The van der Waals surface area contributed by atoms with E-state index in [-0.39, 0.29) is 0 Å². The number of piperazine rings is 2. The Bertz CT molecular complexity index is 365. The van der Waals surface area contributed by atoms with E-state index in [0.717, 1.165) is 13.1 Å². The van der Waals surface area contributed by atoms with Gasteiger partial charge >= 0.3 is 0 Å². The van der Waals surface area contributed by atoms with Crippen LogP contribution in [0, 0.1) is 0 Å². The van der Waals surface area contributed by atoms with Crippen molar-refractivity contribution in [3.8, 4) is 0 Å². The van der Waals surface area contributed by atoms with E-state index in [9.17, 15) is 0 Å². The van der Waals surface area contributed by atoms with E-state index in [1.54, 1.807) is 0 Å². The zero-order chi connectivity index (χ0) is 11.7. The second-order valence-electron chi connectivity index (χ2n) is 5.24. The van der Waals surface area contributed by atoms with E-state index in [1.807, 2.05) is 0 Å². The van der Waals surface area contributed by atoms with Crippen molar-refractivity contribution in [1.29, 1.82) is 0 Å². The lowest BCUT2D eigenvalue weighted by molar-refractivity contribution is 0.0290. The maximum Gasteiger partial charge on any atom is 0.0477 e. The zero-order valence-corrected chi connectivity index (χ0v) is 10.5. The molecule has 1 N–H and O–H groups in total. The Morgan fingerprint density at radius 1 is 1.12 bits per heavy atom. The van der Waals surface area contributed by atoms with Gasteiger partial charge in [0.15, 0.2) is 0 Å². The SMILES string of the molecule is CN1CCN2C(CNCC2c2ccccc2)C1. The summed E-state index contributed by atoms with van der Waals surface area (Å²) in [6, 6.07) is 12.1. The number of hydrogen-bond donors (Lipinski definition) is 1. The summed E-state index contributed by atoms with van der Waals surface area (Å²) in [5, 5.41) is 3.58. The molecule has 2 fully saturated rings. The second kappa shape index (κ2) is 4.77. The number of hydrogen-bond acceptors (Lipinski definition) is 3. The van der Waals surface area contributed by atoms with Crippen molar-refractivity contribution in [3.05, 3.63) is 35.9 Å². The van der Waals surface area contributed by atoms with Crippen LogP contribution in [0.2, 0.25) is 0 Å². The van der Waals surface area contributed by atoms with Gasteiger partial charge in [0, 0.05) is 44.8 Å². The molecular weight excluding hydrogens is 210 g/mol. The van der Waals surface area contributed by atoms with Crippen LogP contribution < -0.4 is 5.32 Å². The molecule has 3 heteroatoms. The fourth-order valence-electron chi connectivity index (χ4n) is 3.11. The number of likely N-dealkylation sites (N-methyl/N-ethyl adjacent to an activating group) is 1. The van der Waals surface area contributed by atoms with Crippen LogP contribution in [-0.4, -0.2) is 55.6 Å². The Labute approximate surface area is 103 Å². The summed E-state index contributed by atoms with van der Waals surface area (Å²) in [6.07, 6.45) is 0. The number of benzene rings is 1. The van der Waals surface area contributed by atoms with Gasteiger partial charge < -0.3 is 10.2 Å². The summed E-state index contributed by atoms with van der Waals surface area (Å²) in [7, 11) is 2.23. The quantitative estimate of drug-likeness (QED) is 0.776. The Morgan fingerprint density at radius 3 is 2.76 bits per heavy atom. The van der Waals surface area contributed by atoms with Crippen molar-refractivity contribution in [2.24, 2.45) is 0 Å². The molecule has 0 radical (unpaired) electrons. The molecule has 3 rings (SSSR count). The third kappa shape index (κ3) is 2.23. The molecule has 2 aliphatic rings. The molecule has 17 heavy (non-hydrogen) atoms. The van der Waals surface area contributed by atoms with E-state index in [4.69, 9.17) is 0 Å². The van der Waals surface area contributed by atoms with Crippen molar-refractivity contribution in [2.45, 2.75) is 12.1 Å². The molecule has 0 bridgehead atoms. The largest absolute Gasteiger partial charge is 0.313 e. The smallest absolute Gasteiger partial charge is 0.0477 e. The average molecular weight is 231 g/mol. The van der Waals surface area contributed by atoms with Gasteiger partial charge in [-0.2, -0.15) is 0 Å². The highest BCUT2D eigenvalue weighted by Crippen LogP contribution is 2.26. The van der Waals surface area contributed by atoms with E-state index < -0.39 is 0 Å². The van der Waals surface area contributed by atoms with Crippen LogP contribution in [0.1, 0.15) is 11.6 Å².